The second-order valence-electron chi connectivity index (χ2n) is 5.11. The van der Waals surface area contributed by atoms with Gasteiger partial charge in [-0.15, -0.1) is 11.3 Å². The number of amides is 1. The van der Waals surface area contributed by atoms with E-state index in [1.54, 1.807) is 29.8 Å². The quantitative estimate of drug-likeness (QED) is 0.794. The molecule has 0 N–H and O–H groups in total. The normalized spacial score (nSPS) is 11.2. The summed E-state index contributed by atoms with van der Waals surface area (Å²) < 4.78 is 6.03. The molecule has 2 aromatic rings. The highest BCUT2D eigenvalue weighted by Crippen LogP contribution is 2.32. The van der Waals surface area contributed by atoms with Crippen molar-refractivity contribution >= 4 is 40.5 Å². The first-order valence-corrected chi connectivity index (χ1v) is 7.31. The van der Waals surface area contributed by atoms with Gasteiger partial charge < -0.3 is 4.74 Å². The number of carbonyl (C=O) groups excluding carboxylic acids is 1. The van der Waals surface area contributed by atoms with Crippen LogP contribution in [0.15, 0.2) is 35.8 Å². The number of thiophene rings is 1. The van der Waals surface area contributed by atoms with Gasteiger partial charge in [-0.3, -0.25) is 0 Å². The molecular formula is C14H15ClN2O2S. The summed E-state index contributed by atoms with van der Waals surface area (Å²) in [6, 6.07) is 7.06. The molecule has 20 heavy (non-hydrogen) atoms. The number of pyridine rings is 1. The molecule has 0 saturated heterocycles. The third-order valence-corrected chi connectivity index (χ3v) is 3.35. The maximum absolute atomic E-state index is 12.4. The van der Waals surface area contributed by atoms with Crippen molar-refractivity contribution in [1.82, 2.24) is 4.98 Å². The Bertz CT molecular complexity index is 593. The maximum Gasteiger partial charge on any atom is 0.420 e. The van der Waals surface area contributed by atoms with E-state index in [2.05, 4.69) is 4.98 Å². The molecule has 6 heteroatoms. The SMILES string of the molecule is CC(C)(C)OC(=O)N(c1csc(Cl)c1)c1ccccn1. The predicted octanol–water partition coefficient (Wildman–Crippen LogP) is 4.87. The Morgan fingerprint density at radius 1 is 1.40 bits per heavy atom. The Kier molecular flexibility index (Phi) is 4.30. The fourth-order valence-corrected chi connectivity index (χ4v) is 2.38. The van der Waals surface area contributed by atoms with Crippen LogP contribution >= 0.6 is 22.9 Å². The molecule has 2 rings (SSSR count). The third kappa shape index (κ3) is 3.71. The molecule has 0 atom stereocenters. The van der Waals surface area contributed by atoms with Gasteiger partial charge in [0.05, 0.1) is 10.0 Å². The van der Waals surface area contributed by atoms with E-state index in [-0.39, 0.29) is 0 Å². The molecule has 0 aromatic carbocycles. The highest BCUT2D eigenvalue weighted by molar-refractivity contribution is 7.14. The zero-order valence-electron chi connectivity index (χ0n) is 11.5. The largest absolute Gasteiger partial charge is 0.443 e. The van der Waals surface area contributed by atoms with Crippen LogP contribution in [0.4, 0.5) is 16.3 Å². The van der Waals surface area contributed by atoms with Gasteiger partial charge in [0.25, 0.3) is 0 Å². The van der Waals surface area contributed by atoms with Crippen molar-refractivity contribution in [3.8, 4) is 0 Å². The molecule has 4 nitrogen and oxygen atoms in total. The predicted molar refractivity (Wildman–Crippen MR) is 81.9 cm³/mol. The van der Waals surface area contributed by atoms with Crippen molar-refractivity contribution in [3.05, 3.63) is 40.2 Å². The molecule has 2 heterocycles. The van der Waals surface area contributed by atoms with Crippen molar-refractivity contribution in [1.29, 1.82) is 0 Å². The lowest BCUT2D eigenvalue weighted by atomic mass is 10.2. The van der Waals surface area contributed by atoms with Crippen molar-refractivity contribution < 1.29 is 9.53 Å². The molecule has 0 aliphatic carbocycles. The van der Waals surface area contributed by atoms with Crippen molar-refractivity contribution in [2.75, 3.05) is 4.90 Å². The molecule has 0 bridgehead atoms. The smallest absolute Gasteiger partial charge is 0.420 e. The lowest BCUT2D eigenvalue weighted by molar-refractivity contribution is 0.0598. The average Bonchev–Trinajstić information content (AvgIpc) is 2.75. The summed E-state index contributed by atoms with van der Waals surface area (Å²) in [4.78, 5) is 18.0. The second kappa shape index (κ2) is 5.81. The van der Waals surface area contributed by atoms with Gasteiger partial charge in [-0.1, -0.05) is 17.7 Å². The number of anilines is 2. The van der Waals surface area contributed by atoms with Gasteiger partial charge >= 0.3 is 6.09 Å². The summed E-state index contributed by atoms with van der Waals surface area (Å²) in [5.41, 5.74) is 0.0668. The number of hydrogen-bond acceptors (Lipinski definition) is 4. The van der Waals surface area contributed by atoms with Crippen molar-refractivity contribution in [3.63, 3.8) is 0 Å². The molecule has 0 saturated carbocycles. The molecule has 0 unspecified atom stereocenters. The van der Waals surface area contributed by atoms with Crippen LogP contribution in [0.5, 0.6) is 0 Å². The molecule has 0 aliphatic rings. The van der Waals surface area contributed by atoms with Gasteiger partial charge in [0.2, 0.25) is 0 Å². The molecule has 1 amide bonds. The summed E-state index contributed by atoms with van der Waals surface area (Å²) in [5.74, 6) is 0.496. The Hall–Kier alpha value is -1.59. The fourth-order valence-electron chi connectivity index (χ4n) is 1.54. The summed E-state index contributed by atoms with van der Waals surface area (Å²) in [7, 11) is 0. The lowest BCUT2D eigenvalue weighted by Gasteiger charge is -2.26. The van der Waals surface area contributed by atoms with E-state index in [1.807, 2.05) is 26.8 Å². The molecule has 0 aliphatic heterocycles. The molecule has 106 valence electrons. The molecule has 0 fully saturated rings. The average molecular weight is 311 g/mol. The number of nitrogens with zero attached hydrogens (tertiary/aromatic N) is 2. The summed E-state index contributed by atoms with van der Waals surface area (Å²) in [6.07, 6.45) is 1.14. The molecule has 0 spiro atoms. The Morgan fingerprint density at radius 2 is 2.15 bits per heavy atom. The molecule has 0 radical (unpaired) electrons. The highest BCUT2D eigenvalue weighted by atomic mass is 35.5. The first-order chi connectivity index (χ1) is 9.37. The number of carbonyl (C=O) groups is 1. The van der Waals surface area contributed by atoms with Crippen LogP contribution in [0.25, 0.3) is 0 Å². The van der Waals surface area contributed by atoms with Gasteiger partial charge in [-0.25, -0.2) is 14.7 Å². The maximum atomic E-state index is 12.4. The number of halogens is 1. The standard InChI is InChI=1S/C14H15ClN2O2S/c1-14(2,3)19-13(18)17(10-8-11(15)20-9-10)12-6-4-5-7-16-12/h4-9H,1-3H3. The van der Waals surface area contributed by atoms with E-state index < -0.39 is 11.7 Å². The van der Waals surface area contributed by atoms with E-state index in [0.717, 1.165) is 0 Å². The zero-order chi connectivity index (χ0) is 14.8. The van der Waals surface area contributed by atoms with E-state index in [9.17, 15) is 4.79 Å². The highest BCUT2D eigenvalue weighted by Gasteiger charge is 2.26. The lowest BCUT2D eigenvalue weighted by Crippen LogP contribution is -2.34. The van der Waals surface area contributed by atoms with Crippen molar-refractivity contribution in [2.24, 2.45) is 0 Å². The van der Waals surface area contributed by atoms with E-state index in [0.29, 0.717) is 15.8 Å². The van der Waals surface area contributed by atoms with E-state index in [4.69, 9.17) is 16.3 Å². The van der Waals surface area contributed by atoms with Gasteiger partial charge in [0, 0.05) is 11.6 Å². The first-order valence-electron chi connectivity index (χ1n) is 6.05. The van der Waals surface area contributed by atoms with E-state index >= 15 is 0 Å². The number of rotatable bonds is 2. The monoisotopic (exact) mass is 310 g/mol. The minimum atomic E-state index is -0.579. The Labute approximate surface area is 127 Å². The van der Waals surface area contributed by atoms with Crippen LogP contribution in [0.2, 0.25) is 4.34 Å². The summed E-state index contributed by atoms with van der Waals surface area (Å²) >= 11 is 7.30. The topological polar surface area (TPSA) is 42.4 Å². The van der Waals surface area contributed by atoms with Crippen LogP contribution in [-0.4, -0.2) is 16.7 Å². The summed E-state index contributed by atoms with van der Waals surface area (Å²) in [6.45, 7) is 5.46. The van der Waals surface area contributed by atoms with Crippen LogP contribution in [0.1, 0.15) is 20.8 Å². The fraction of sp³-hybridized carbons (Fsp3) is 0.286. The Morgan fingerprint density at radius 3 is 2.65 bits per heavy atom. The van der Waals surface area contributed by atoms with Crippen LogP contribution < -0.4 is 4.90 Å². The van der Waals surface area contributed by atoms with Gasteiger partial charge in [-0.2, -0.15) is 0 Å². The zero-order valence-corrected chi connectivity index (χ0v) is 13.0. The number of ether oxygens (including phenoxy) is 1. The Balaban J connectivity index is 2.37. The van der Waals surface area contributed by atoms with Gasteiger partial charge in [0.15, 0.2) is 0 Å². The second-order valence-corrected chi connectivity index (χ2v) is 6.66. The summed E-state index contributed by atoms with van der Waals surface area (Å²) in [5, 5.41) is 1.79. The van der Waals surface area contributed by atoms with Gasteiger partial charge in [-0.05, 0) is 39.0 Å². The third-order valence-electron chi connectivity index (χ3n) is 2.27. The van der Waals surface area contributed by atoms with E-state index in [1.165, 1.54) is 16.2 Å². The molecular weight excluding hydrogens is 296 g/mol. The number of aromatic nitrogens is 1. The number of hydrogen-bond donors (Lipinski definition) is 0. The first kappa shape index (κ1) is 14.8. The minimum Gasteiger partial charge on any atom is -0.443 e. The van der Waals surface area contributed by atoms with Crippen LogP contribution in [-0.2, 0) is 4.74 Å². The van der Waals surface area contributed by atoms with Crippen LogP contribution in [0, 0.1) is 0 Å². The minimum absolute atomic E-state index is 0.481. The van der Waals surface area contributed by atoms with Gasteiger partial charge in [0.1, 0.15) is 11.4 Å². The molecule has 2 aromatic heterocycles. The van der Waals surface area contributed by atoms with Crippen molar-refractivity contribution in [2.45, 2.75) is 26.4 Å². The van der Waals surface area contributed by atoms with Crippen LogP contribution in [0.3, 0.4) is 0 Å².